The molecule has 1 aliphatic carbocycles. The summed E-state index contributed by atoms with van der Waals surface area (Å²) in [4.78, 5) is 22.8. The smallest absolute Gasteiger partial charge is 0.408 e. The van der Waals surface area contributed by atoms with Gasteiger partial charge >= 0.3 is 12.1 Å². The Kier molecular flexibility index (Phi) is 4.76. The summed E-state index contributed by atoms with van der Waals surface area (Å²) in [5.74, 6) is -0.264. The third-order valence-electron chi connectivity index (χ3n) is 2.37. The van der Waals surface area contributed by atoms with Crippen LogP contribution in [0.2, 0.25) is 0 Å². The Morgan fingerprint density at radius 2 is 2.06 bits per heavy atom. The number of alkyl carbamates (subject to hydrolysis) is 1. The third kappa shape index (κ3) is 4.77. The molecule has 1 rings (SSSR count). The van der Waals surface area contributed by atoms with Crippen molar-refractivity contribution in [3.8, 4) is 0 Å². The van der Waals surface area contributed by atoms with E-state index in [1.165, 1.54) is 0 Å². The van der Waals surface area contributed by atoms with Crippen LogP contribution in [-0.2, 0) is 14.3 Å². The van der Waals surface area contributed by atoms with E-state index in [0.717, 1.165) is 0 Å². The van der Waals surface area contributed by atoms with Crippen LogP contribution in [0.15, 0.2) is 12.2 Å². The highest BCUT2D eigenvalue weighted by Crippen LogP contribution is 2.16. The fourth-order valence-corrected chi connectivity index (χ4v) is 1.59. The number of esters is 1. The molecule has 0 aliphatic heterocycles. The van der Waals surface area contributed by atoms with E-state index >= 15 is 0 Å². The summed E-state index contributed by atoms with van der Waals surface area (Å²) < 4.78 is 10.4. The maximum absolute atomic E-state index is 11.6. The molecule has 0 aromatic carbocycles. The molecule has 1 amide bonds. The molecule has 1 N–H and O–H groups in total. The molecule has 0 saturated heterocycles. The van der Waals surface area contributed by atoms with Crippen molar-refractivity contribution in [3.05, 3.63) is 12.2 Å². The largest absolute Gasteiger partial charge is 0.459 e. The van der Waals surface area contributed by atoms with Gasteiger partial charge in [0.2, 0.25) is 0 Å². The molecule has 0 aromatic rings. The Bertz CT molecular complexity index is 343. The fourth-order valence-electron chi connectivity index (χ4n) is 1.59. The van der Waals surface area contributed by atoms with E-state index in [-0.39, 0.29) is 18.1 Å². The second-order valence-electron chi connectivity index (χ2n) is 5.22. The van der Waals surface area contributed by atoms with Gasteiger partial charge in [0, 0.05) is 12.8 Å². The molecule has 5 nitrogen and oxygen atoms in total. The van der Waals surface area contributed by atoms with Crippen LogP contribution in [0.4, 0.5) is 4.79 Å². The number of carbonyl (C=O) groups is 2. The number of hydrogen-bond acceptors (Lipinski definition) is 4. The van der Waals surface area contributed by atoms with Gasteiger partial charge in [-0.05, 0) is 20.8 Å². The fraction of sp³-hybridized carbons (Fsp3) is 0.692. The highest BCUT2D eigenvalue weighted by atomic mass is 16.6. The van der Waals surface area contributed by atoms with Gasteiger partial charge in [0.25, 0.3) is 0 Å². The van der Waals surface area contributed by atoms with Gasteiger partial charge in [-0.2, -0.15) is 0 Å². The van der Waals surface area contributed by atoms with Crippen LogP contribution in [0.3, 0.4) is 0 Å². The van der Waals surface area contributed by atoms with Crippen LogP contribution in [0, 0.1) is 0 Å². The Morgan fingerprint density at radius 1 is 1.39 bits per heavy atom. The zero-order chi connectivity index (χ0) is 13.8. The van der Waals surface area contributed by atoms with E-state index < -0.39 is 11.7 Å². The molecule has 102 valence electrons. The maximum Gasteiger partial charge on any atom is 0.408 e. The molecular weight excluding hydrogens is 234 g/mol. The maximum atomic E-state index is 11.6. The molecule has 18 heavy (non-hydrogen) atoms. The molecule has 0 bridgehead atoms. The second-order valence-corrected chi connectivity index (χ2v) is 5.22. The van der Waals surface area contributed by atoms with Crippen molar-refractivity contribution in [3.63, 3.8) is 0 Å². The normalized spacial score (nSPS) is 22.7. The lowest BCUT2D eigenvalue weighted by Gasteiger charge is -2.24. The van der Waals surface area contributed by atoms with Crippen molar-refractivity contribution in [2.45, 2.75) is 58.3 Å². The minimum absolute atomic E-state index is 0.264. The number of rotatable bonds is 3. The molecule has 0 spiro atoms. The van der Waals surface area contributed by atoms with E-state index in [2.05, 4.69) is 5.32 Å². The van der Waals surface area contributed by atoms with Crippen molar-refractivity contribution in [2.24, 2.45) is 0 Å². The molecule has 0 fully saturated rings. The summed E-state index contributed by atoms with van der Waals surface area (Å²) in [5, 5.41) is 2.69. The lowest BCUT2D eigenvalue weighted by Crippen LogP contribution is -2.44. The first-order chi connectivity index (χ1) is 8.31. The van der Waals surface area contributed by atoms with E-state index in [1.54, 1.807) is 27.7 Å². The Labute approximate surface area is 108 Å². The number of carbonyl (C=O) groups excluding carboxylic acids is 2. The molecule has 5 heteroatoms. The summed E-state index contributed by atoms with van der Waals surface area (Å²) in [5.41, 5.74) is -0.540. The van der Waals surface area contributed by atoms with Gasteiger partial charge in [0.1, 0.15) is 11.7 Å². The molecule has 0 saturated carbocycles. The average Bonchev–Trinajstić information content (AvgIpc) is 2.62. The number of nitrogens with one attached hydrogen (secondary N) is 1. The van der Waals surface area contributed by atoms with Gasteiger partial charge in [-0.15, -0.1) is 0 Å². The van der Waals surface area contributed by atoms with Crippen LogP contribution in [0.1, 0.15) is 40.5 Å². The topological polar surface area (TPSA) is 64.6 Å². The highest BCUT2D eigenvalue weighted by molar-refractivity contribution is 5.70. The number of amides is 1. The highest BCUT2D eigenvalue weighted by Gasteiger charge is 2.29. The Hall–Kier alpha value is -1.52. The molecule has 1 aliphatic rings. The summed E-state index contributed by atoms with van der Waals surface area (Å²) >= 11 is 0. The van der Waals surface area contributed by atoms with Crippen molar-refractivity contribution in [2.75, 3.05) is 0 Å². The van der Waals surface area contributed by atoms with Crippen LogP contribution < -0.4 is 5.32 Å². The summed E-state index contributed by atoms with van der Waals surface area (Å²) in [6.45, 7) is 7.13. The van der Waals surface area contributed by atoms with Crippen molar-refractivity contribution in [1.29, 1.82) is 0 Å². The van der Waals surface area contributed by atoms with Crippen molar-refractivity contribution in [1.82, 2.24) is 5.32 Å². The van der Waals surface area contributed by atoms with Crippen molar-refractivity contribution < 1.29 is 19.1 Å². The number of ether oxygens (including phenoxy) is 2. The molecule has 0 heterocycles. The lowest BCUT2D eigenvalue weighted by molar-refractivity contribution is -0.149. The minimum Gasteiger partial charge on any atom is -0.459 e. The first-order valence-corrected chi connectivity index (χ1v) is 6.17. The van der Waals surface area contributed by atoms with Gasteiger partial charge < -0.3 is 14.8 Å². The third-order valence-corrected chi connectivity index (χ3v) is 2.37. The summed E-state index contributed by atoms with van der Waals surface area (Å²) in [6, 6.07) is -0.310. The molecule has 0 radical (unpaired) electrons. The zero-order valence-electron chi connectivity index (χ0n) is 11.4. The van der Waals surface area contributed by atoms with E-state index in [0.29, 0.717) is 12.8 Å². The predicted octanol–water partition coefficient (Wildman–Crippen LogP) is 2.16. The Balaban J connectivity index is 2.47. The monoisotopic (exact) mass is 255 g/mol. The van der Waals surface area contributed by atoms with Gasteiger partial charge in [-0.1, -0.05) is 19.1 Å². The first-order valence-electron chi connectivity index (χ1n) is 6.17. The van der Waals surface area contributed by atoms with Crippen molar-refractivity contribution >= 4 is 12.1 Å². The molecule has 0 aromatic heterocycles. The second kappa shape index (κ2) is 5.89. The van der Waals surface area contributed by atoms with Gasteiger partial charge in [0.15, 0.2) is 0 Å². The first kappa shape index (κ1) is 14.5. The minimum atomic E-state index is -0.540. The predicted molar refractivity (Wildman–Crippen MR) is 67.1 cm³/mol. The van der Waals surface area contributed by atoms with E-state index in [9.17, 15) is 9.59 Å². The summed E-state index contributed by atoms with van der Waals surface area (Å²) in [7, 11) is 0. The molecule has 2 atom stereocenters. The zero-order valence-corrected chi connectivity index (χ0v) is 11.4. The van der Waals surface area contributed by atoms with Gasteiger partial charge in [-0.3, -0.25) is 4.79 Å². The molecular formula is C13H21NO4. The lowest BCUT2D eigenvalue weighted by atomic mass is 10.2. The molecule has 2 unspecified atom stereocenters. The SMILES string of the molecule is CCC(=O)OC1CC=CC1NC(=O)OC(C)(C)C. The standard InChI is InChI=1S/C13H21NO4/c1-5-11(15)17-10-8-6-7-9(10)14-12(16)18-13(2,3)4/h6-7,9-10H,5,8H2,1-4H3,(H,14,16). The van der Waals surface area contributed by atoms with Crippen LogP contribution >= 0.6 is 0 Å². The number of hydrogen-bond donors (Lipinski definition) is 1. The Morgan fingerprint density at radius 3 is 2.61 bits per heavy atom. The van der Waals surface area contributed by atoms with Crippen LogP contribution in [0.25, 0.3) is 0 Å². The van der Waals surface area contributed by atoms with Crippen LogP contribution in [0.5, 0.6) is 0 Å². The van der Waals surface area contributed by atoms with E-state index in [4.69, 9.17) is 9.47 Å². The quantitative estimate of drug-likeness (QED) is 0.620. The van der Waals surface area contributed by atoms with Gasteiger partial charge in [-0.25, -0.2) is 4.79 Å². The van der Waals surface area contributed by atoms with E-state index in [1.807, 2.05) is 12.2 Å². The average molecular weight is 255 g/mol. The summed E-state index contributed by atoms with van der Waals surface area (Å²) in [6.07, 6.45) is 3.82. The van der Waals surface area contributed by atoms with Crippen LogP contribution in [-0.4, -0.2) is 29.8 Å². The van der Waals surface area contributed by atoms with Gasteiger partial charge in [0.05, 0.1) is 6.04 Å².